The van der Waals surface area contributed by atoms with Crippen LogP contribution in [0.3, 0.4) is 0 Å². The lowest BCUT2D eigenvalue weighted by Crippen LogP contribution is -2.18. The van der Waals surface area contributed by atoms with Gasteiger partial charge in [0.1, 0.15) is 5.75 Å². The number of aromatic amines is 1. The van der Waals surface area contributed by atoms with Gasteiger partial charge in [0.15, 0.2) is 5.56 Å². The highest BCUT2D eigenvalue weighted by atomic mass is 16.4. The molecular weight excluding hydrogens is 222 g/mol. The summed E-state index contributed by atoms with van der Waals surface area (Å²) >= 11 is 0. The molecule has 1 aromatic heterocycles. The molecule has 2 rings (SSSR count). The molecule has 17 heavy (non-hydrogen) atoms. The number of carboxylic acid groups (broad SMARTS) is 1. The molecule has 1 aromatic carbocycles. The Morgan fingerprint density at radius 2 is 2.12 bits per heavy atom. The van der Waals surface area contributed by atoms with Crippen molar-refractivity contribution in [3.8, 4) is 5.75 Å². The lowest BCUT2D eigenvalue weighted by Gasteiger charge is -2.07. The highest BCUT2D eigenvalue weighted by Crippen LogP contribution is 2.26. The van der Waals surface area contributed by atoms with Crippen LogP contribution in [0.2, 0.25) is 0 Å². The molecular formula is C12H11NO4. The number of fused-ring (bicyclic) bond motifs is 1. The van der Waals surface area contributed by atoms with Crippen LogP contribution in [0.4, 0.5) is 0 Å². The molecule has 0 amide bonds. The first-order valence-electron chi connectivity index (χ1n) is 5.16. The van der Waals surface area contributed by atoms with E-state index >= 15 is 0 Å². The molecule has 88 valence electrons. The van der Waals surface area contributed by atoms with E-state index in [1.54, 1.807) is 12.1 Å². The van der Waals surface area contributed by atoms with E-state index in [1.807, 2.05) is 13.0 Å². The van der Waals surface area contributed by atoms with E-state index in [2.05, 4.69) is 4.98 Å². The number of pyridine rings is 1. The minimum atomic E-state index is -1.44. The first-order chi connectivity index (χ1) is 8.06. The summed E-state index contributed by atoms with van der Waals surface area (Å²) < 4.78 is 0. The van der Waals surface area contributed by atoms with E-state index in [1.165, 1.54) is 0 Å². The summed E-state index contributed by atoms with van der Waals surface area (Å²) in [6.07, 6.45) is 0.680. The number of hydrogen-bond donors (Lipinski definition) is 3. The van der Waals surface area contributed by atoms with Gasteiger partial charge in [-0.2, -0.15) is 0 Å². The number of aromatic hydroxyl groups is 1. The summed E-state index contributed by atoms with van der Waals surface area (Å²) in [6, 6.07) is 5.11. The van der Waals surface area contributed by atoms with Crippen molar-refractivity contribution in [2.45, 2.75) is 13.3 Å². The molecule has 0 aliphatic carbocycles. The molecule has 3 N–H and O–H groups in total. The highest BCUT2D eigenvalue weighted by molar-refractivity contribution is 5.99. The Labute approximate surface area is 96.3 Å². The monoisotopic (exact) mass is 233 g/mol. The summed E-state index contributed by atoms with van der Waals surface area (Å²) in [4.78, 5) is 24.9. The molecule has 0 aliphatic rings. The molecule has 0 saturated heterocycles. The van der Waals surface area contributed by atoms with Gasteiger partial charge in [-0.05, 0) is 18.1 Å². The van der Waals surface area contributed by atoms with Crippen LogP contribution in [-0.4, -0.2) is 21.2 Å². The smallest absolute Gasteiger partial charge is 0.345 e. The van der Waals surface area contributed by atoms with Gasteiger partial charge in [-0.25, -0.2) is 4.79 Å². The van der Waals surface area contributed by atoms with Crippen LogP contribution in [-0.2, 0) is 6.42 Å². The molecule has 0 bridgehead atoms. The summed E-state index contributed by atoms with van der Waals surface area (Å²) in [5.74, 6) is -1.92. The van der Waals surface area contributed by atoms with Crippen LogP contribution < -0.4 is 5.56 Å². The molecule has 1 heterocycles. The zero-order valence-electron chi connectivity index (χ0n) is 9.15. The van der Waals surface area contributed by atoms with Gasteiger partial charge in [0.25, 0.3) is 5.56 Å². The standard InChI is InChI=1S/C12H11NO4/c1-2-6-4-3-5-7-9(6)13-11(15)8(10(7)14)12(16)17/h3-5H,2H2,1H3,(H,16,17)(H2,13,14,15). The summed E-state index contributed by atoms with van der Waals surface area (Å²) in [7, 11) is 0. The minimum absolute atomic E-state index is 0.348. The average molecular weight is 233 g/mol. The van der Waals surface area contributed by atoms with Crippen LogP contribution in [0.25, 0.3) is 10.9 Å². The first kappa shape index (κ1) is 11.2. The third kappa shape index (κ3) is 1.65. The zero-order chi connectivity index (χ0) is 12.6. The maximum Gasteiger partial charge on any atom is 0.345 e. The maximum atomic E-state index is 11.6. The molecule has 5 nitrogen and oxygen atoms in total. The van der Waals surface area contributed by atoms with E-state index in [4.69, 9.17) is 5.11 Å². The molecule has 0 fully saturated rings. The number of benzene rings is 1. The van der Waals surface area contributed by atoms with Crippen molar-refractivity contribution in [3.05, 3.63) is 39.7 Å². The van der Waals surface area contributed by atoms with Crippen molar-refractivity contribution in [2.75, 3.05) is 0 Å². The van der Waals surface area contributed by atoms with Gasteiger partial charge >= 0.3 is 5.97 Å². The van der Waals surface area contributed by atoms with Crippen LogP contribution in [0.5, 0.6) is 5.75 Å². The second kappa shape index (κ2) is 3.93. The molecule has 0 saturated carbocycles. The van der Waals surface area contributed by atoms with E-state index in [9.17, 15) is 14.7 Å². The normalized spacial score (nSPS) is 10.6. The lowest BCUT2D eigenvalue weighted by atomic mass is 10.1. The fourth-order valence-electron chi connectivity index (χ4n) is 1.86. The minimum Gasteiger partial charge on any atom is -0.506 e. The van der Waals surface area contributed by atoms with Gasteiger partial charge < -0.3 is 15.2 Å². The fraction of sp³-hybridized carbons (Fsp3) is 0.167. The van der Waals surface area contributed by atoms with Crippen LogP contribution >= 0.6 is 0 Å². The van der Waals surface area contributed by atoms with Gasteiger partial charge in [-0.15, -0.1) is 0 Å². The number of para-hydroxylation sites is 1. The van der Waals surface area contributed by atoms with Crippen molar-refractivity contribution >= 4 is 16.9 Å². The predicted octanol–water partition coefficient (Wildman–Crippen LogP) is 1.49. The second-order valence-corrected chi connectivity index (χ2v) is 3.68. The van der Waals surface area contributed by atoms with Crippen molar-refractivity contribution in [1.82, 2.24) is 4.98 Å². The van der Waals surface area contributed by atoms with Crippen molar-refractivity contribution < 1.29 is 15.0 Å². The third-order valence-corrected chi connectivity index (χ3v) is 2.70. The first-order valence-corrected chi connectivity index (χ1v) is 5.16. The number of rotatable bonds is 2. The molecule has 0 aliphatic heterocycles. The molecule has 2 aromatic rings. The van der Waals surface area contributed by atoms with E-state index in [0.29, 0.717) is 17.3 Å². The largest absolute Gasteiger partial charge is 0.506 e. The van der Waals surface area contributed by atoms with Gasteiger partial charge in [0.2, 0.25) is 0 Å². The number of carboxylic acids is 1. The Bertz CT molecular complexity index is 657. The predicted molar refractivity (Wildman–Crippen MR) is 62.6 cm³/mol. The second-order valence-electron chi connectivity index (χ2n) is 3.68. The summed E-state index contributed by atoms with van der Waals surface area (Å²) in [6.45, 7) is 1.91. The molecule has 0 spiro atoms. The molecule has 0 radical (unpaired) electrons. The number of aromatic carboxylic acids is 1. The number of hydrogen-bond acceptors (Lipinski definition) is 3. The highest BCUT2D eigenvalue weighted by Gasteiger charge is 2.18. The topological polar surface area (TPSA) is 90.4 Å². The number of aromatic nitrogens is 1. The molecule has 5 heteroatoms. The van der Waals surface area contributed by atoms with Gasteiger partial charge in [-0.1, -0.05) is 19.1 Å². The Balaban J connectivity index is 2.96. The Morgan fingerprint density at radius 3 is 2.71 bits per heavy atom. The van der Waals surface area contributed by atoms with Crippen LogP contribution in [0.1, 0.15) is 22.8 Å². The third-order valence-electron chi connectivity index (χ3n) is 2.70. The van der Waals surface area contributed by atoms with Crippen molar-refractivity contribution in [2.24, 2.45) is 0 Å². The van der Waals surface area contributed by atoms with Gasteiger partial charge in [0.05, 0.1) is 5.52 Å². The average Bonchev–Trinajstić information content (AvgIpc) is 2.28. The van der Waals surface area contributed by atoms with Crippen molar-refractivity contribution in [1.29, 1.82) is 0 Å². The number of carbonyl (C=O) groups is 1. The van der Waals surface area contributed by atoms with E-state index in [0.717, 1.165) is 5.56 Å². The van der Waals surface area contributed by atoms with Gasteiger partial charge in [-0.3, -0.25) is 4.79 Å². The number of nitrogens with one attached hydrogen (secondary N) is 1. The Hall–Kier alpha value is -2.30. The maximum absolute atomic E-state index is 11.6. The van der Waals surface area contributed by atoms with E-state index < -0.39 is 22.8 Å². The van der Waals surface area contributed by atoms with Crippen LogP contribution in [0, 0.1) is 0 Å². The summed E-state index contributed by atoms with van der Waals surface area (Å²) in [5, 5.41) is 19.0. The lowest BCUT2D eigenvalue weighted by molar-refractivity contribution is 0.0692. The summed E-state index contributed by atoms with van der Waals surface area (Å²) in [5.41, 5.74) is -0.0662. The number of aryl methyl sites for hydroxylation is 1. The quantitative estimate of drug-likeness (QED) is 0.733. The Morgan fingerprint density at radius 1 is 1.41 bits per heavy atom. The molecule has 0 unspecified atom stereocenters. The fourth-order valence-corrected chi connectivity index (χ4v) is 1.86. The zero-order valence-corrected chi connectivity index (χ0v) is 9.15. The molecule has 0 atom stereocenters. The number of H-pyrrole nitrogens is 1. The van der Waals surface area contributed by atoms with Crippen LogP contribution in [0.15, 0.2) is 23.0 Å². The SMILES string of the molecule is CCc1cccc2c(O)c(C(=O)O)c(=O)[nH]c12. The van der Waals surface area contributed by atoms with Crippen molar-refractivity contribution in [3.63, 3.8) is 0 Å². The van der Waals surface area contributed by atoms with E-state index in [-0.39, 0.29) is 0 Å². The Kier molecular flexibility index (Phi) is 2.59. The van der Waals surface area contributed by atoms with Gasteiger partial charge in [0, 0.05) is 5.39 Å².